The topological polar surface area (TPSA) is 137 Å². The molecule has 426 valence electrons. The van der Waals surface area contributed by atoms with Crippen molar-refractivity contribution in [3.8, 4) is 0 Å². The molecule has 0 aromatic heterocycles. The van der Waals surface area contributed by atoms with Crippen LogP contribution >= 0.6 is 0 Å². The molecular weight excluding hydrogens is 899 g/mol. The van der Waals surface area contributed by atoms with Gasteiger partial charge in [0.15, 0.2) is 0 Å². The molecule has 0 saturated carbocycles. The quantitative estimate of drug-likeness (QED) is 0.0309. The highest BCUT2D eigenvalue weighted by molar-refractivity contribution is 5.92. The van der Waals surface area contributed by atoms with Crippen molar-refractivity contribution >= 4 is 5.91 Å². The molecule has 0 aliphatic rings. The molecule has 0 bridgehead atoms. The first-order valence-electron chi connectivity index (χ1n) is 30.9. The van der Waals surface area contributed by atoms with Crippen LogP contribution in [-0.4, -0.2) is 90.7 Å². The third kappa shape index (κ3) is 54.3. The van der Waals surface area contributed by atoms with E-state index in [2.05, 4.69) is 50.4 Å². The second kappa shape index (κ2) is 61.6. The Labute approximate surface area is 446 Å². The predicted octanol–water partition coefficient (Wildman–Crippen LogP) is 16.1. The molecule has 2 atom stereocenters. The Morgan fingerprint density at radius 1 is 0.389 bits per heavy atom. The van der Waals surface area contributed by atoms with Crippen LogP contribution in [0.1, 0.15) is 271 Å². The summed E-state index contributed by atoms with van der Waals surface area (Å²) in [5.41, 5.74) is 10.8. The summed E-state index contributed by atoms with van der Waals surface area (Å²) >= 11 is 0. The van der Waals surface area contributed by atoms with Gasteiger partial charge >= 0.3 is 0 Å². The molecule has 10 heteroatoms. The molecule has 0 aliphatic carbocycles. The van der Waals surface area contributed by atoms with Crippen molar-refractivity contribution in [3.63, 3.8) is 0 Å². The van der Waals surface area contributed by atoms with Crippen molar-refractivity contribution in [2.24, 2.45) is 11.5 Å². The van der Waals surface area contributed by atoms with E-state index in [9.17, 15) is 4.79 Å². The van der Waals surface area contributed by atoms with Crippen LogP contribution in [0.25, 0.3) is 0 Å². The molecule has 0 fully saturated rings. The van der Waals surface area contributed by atoms with Crippen LogP contribution in [0, 0.1) is 0 Å². The first-order chi connectivity index (χ1) is 35.6. The Morgan fingerprint density at radius 2 is 0.736 bits per heavy atom. The maximum Gasteiger partial charge on any atom is 0.268 e. The molecule has 0 aromatic carbocycles. The molecule has 10 nitrogen and oxygen atoms in total. The van der Waals surface area contributed by atoms with Crippen molar-refractivity contribution in [1.29, 1.82) is 0 Å². The number of allylic oxidation sites excluding steroid dienone is 4. The van der Waals surface area contributed by atoms with Crippen LogP contribution in [0.4, 0.5) is 0 Å². The Hall–Kier alpha value is -1.95. The van der Waals surface area contributed by atoms with Crippen LogP contribution in [0.15, 0.2) is 36.2 Å². The molecule has 72 heavy (non-hydrogen) atoms. The van der Waals surface area contributed by atoms with Crippen molar-refractivity contribution < 1.29 is 33.2 Å². The fourth-order valence-electron chi connectivity index (χ4n) is 8.92. The zero-order valence-corrected chi connectivity index (χ0v) is 47.9. The summed E-state index contributed by atoms with van der Waals surface area (Å²) in [6.45, 7) is 12.6. The normalized spacial score (nSPS) is 13.0. The lowest BCUT2D eigenvalue weighted by atomic mass is 10.0. The van der Waals surface area contributed by atoms with Gasteiger partial charge < -0.3 is 45.2 Å². The molecule has 0 aliphatic heterocycles. The molecular formula is C62H121N3O7. The largest absolute Gasteiger partial charge is 0.403 e. The Bertz CT molecular complexity index is 1150. The molecule has 2 unspecified atom stereocenters. The minimum absolute atomic E-state index is 0.00983. The second-order valence-electron chi connectivity index (χ2n) is 20.5. The van der Waals surface area contributed by atoms with Gasteiger partial charge in [-0.05, 0) is 70.6 Å². The van der Waals surface area contributed by atoms with E-state index in [0.717, 1.165) is 45.1 Å². The highest BCUT2D eigenvalue weighted by atomic mass is 16.6. The van der Waals surface area contributed by atoms with Gasteiger partial charge in [0.1, 0.15) is 11.8 Å². The SMILES string of the molecule is CCCCCCCC/C=C\CCCCCCCCOCC(OCCCCCCCC/C=C\CCCCCCCC)C(CCCCCCCCCCCC)OCCOCCOCCOCCNC(=O)/C(N)=C/N. The average Bonchev–Trinajstić information content (AvgIpc) is 3.39. The van der Waals surface area contributed by atoms with Gasteiger partial charge in [0.2, 0.25) is 0 Å². The maximum atomic E-state index is 11.6. The highest BCUT2D eigenvalue weighted by Gasteiger charge is 2.23. The lowest BCUT2D eigenvalue weighted by molar-refractivity contribution is -0.117. The first-order valence-corrected chi connectivity index (χ1v) is 30.9. The van der Waals surface area contributed by atoms with E-state index in [1.54, 1.807) is 0 Å². The summed E-state index contributed by atoms with van der Waals surface area (Å²) in [5, 5.41) is 2.65. The number of ether oxygens (including phenoxy) is 6. The maximum absolute atomic E-state index is 11.6. The third-order valence-electron chi connectivity index (χ3n) is 13.6. The number of unbranched alkanes of at least 4 members (excludes halogenated alkanes) is 33. The fourth-order valence-corrected chi connectivity index (χ4v) is 8.92. The van der Waals surface area contributed by atoms with E-state index in [-0.39, 0.29) is 17.9 Å². The number of rotatable bonds is 61. The second-order valence-corrected chi connectivity index (χ2v) is 20.5. The van der Waals surface area contributed by atoms with E-state index < -0.39 is 5.91 Å². The molecule has 0 spiro atoms. The number of hydrogen-bond donors (Lipinski definition) is 3. The van der Waals surface area contributed by atoms with Crippen molar-refractivity contribution in [1.82, 2.24) is 5.32 Å². The molecule has 5 N–H and O–H groups in total. The van der Waals surface area contributed by atoms with Gasteiger partial charge in [0, 0.05) is 26.0 Å². The summed E-state index contributed by atoms with van der Waals surface area (Å²) < 4.78 is 36.9. The summed E-state index contributed by atoms with van der Waals surface area (Å²) in [4.78, 5) is 11.6. The van der Waals surface area contributed by atoms with E-state index in [1.165, 1.54) is 225 Å². The number of nitrogens with two attached hydrogens (primary N) is 2. The third-order valence-corrected chi connectivity index (χ3v) is 13.6. The average molecular weight is 1020 g/mol. The Morgan fingerprint density at radius 3 is 1.17 bits per heavy atom. The standard InChI is InChI=1S/C62H121N3O7/c1-4-7-10-13-16-19-22-24-26-28-30-32-35-38-41-44-48-70-58-61(71-49-45-42-39-36-33-31-29-27-25-23-20-17-14-11-8-5-2)60(46-43-40-37-34-21-18-15-12-9-6-3)72-56-55-69-54-53-68-52-51-67-50-47-65-62(66)59(64)57-63/h24-27,57,60-61H,4-23,28-56,58,63-64H2,1-3H3,(H,65,66)/b26-24-,27-25-,59-57-. The van der Waals surface area contributed by atoms with Crippen molar-refractivity contribution in [2.45, 2.75) is 283 Å². The minimum Gasteiger partial charge on any atom is -0.403 e. The summed E-state index contributed by atoms with van der Waals surface area (Å²) in [7, 11) is 0. The molecule has 0 rings (SSSR count). The number of nitrogens with one attached hydrogen (secondary N) is 1. The van der Waals surface area contributed by atoms with Crippen LogP contribution in [0.5, 0.6) is 0 Å². The van der Waals surface area contributed by atoms with E-state index in [1.807, 2.05) is 0 Å². The van der Waals surface area contributed by atoms with Gasteiger partial charge in [-0.25, -0.2) is 0 Å². The van der Waals surface area contributed by atoms with Gasteiger partial charge in [-0.1, -0.05) is 225 Å². The van der Waals surface area contributed by atoms with E-state index >= 15 is 0 Å². The fraction of sp³-hybridized carbons (Fsp3) is 0.887. The predicted molar refractivity (Wildman–Crippen MR) is 308 cm³/mol. The van der Waals surface area contributed by atoms with Gasteiger partial charge in [-0.15, -0.1) is 0 Å². The van der Waals surface area contributed by atoms with E-state index in [0.29, 0.717) is 59.4 Å². The first kappa shape index (κ1) is 70.1. The number of carbonyl (C=O) groups excluding carboxylic acids is 1. The van der Waals surface area contributed by atoms with Gasteiger partial charge in [-0.3, -0.25) is 4.79 Å². The Balaban J connectivity index is 4.93. The van der Waals surface area contributed by atoms with Gasteiger partial charge in [0.05, 0.1) is 59.0 Å². The Kier molecular flexibility index (Phi) is 59.9. The highest BCUT2D eigenvalue weighted by Crippen LogP contribution is 2.19. The van der Waals surface area contributed by atoms with Crippen molar-refractivity contribution in [3.05, 3.63) is 36.2 Å². The number of carbonyl (C=O) groups is 1. The molecule has 1 amide bonds. The lowest BCUT2D eigenvalue weighted by Gasteiger charge is -2.28. The molecule has 0 radical (unpaired) electrons. The lowest BCUT2D eigenvalue weighted by Crippen LogP contribution is -2.37. The number of hydrogen-bond acceptors (Lipinski definition) is 9. The zero-order valence-electron chi connectivity index (χ0n) is 47.9. The van der Waals surface area contributed by atoms with Crippen LogP contribution in [0.2, 0.25) is 0 Å². The van der Waals surface area contributed by atoms with Crippen LogP contribution in [-0.2, 0) is 33.2 Å². The minimum atomic E-state index is -0.400. The smallest absolute Gasteiger partial charge is 0.268 e. The van der Waals surface area contributed by atoms with Crippen molar-refractivity contribution in [2.75, 3.05) is 72.6 Å². The summed E-state index contributed by atoms with van der Waals surface area (Å²) in [5.74, 6) is -0.400. The zero-order chi connectivity index (χ0) is 52.2. The van der Waals surface area contributed by atoms with Gasteiger partial charge in [0.25, 0.3) is 5.91 Å². The monoisotopic (exact) mass is 1020 g/mol. The van der Waals surface area contributed by atoms with Crippen LogP contribution < -0.4 is 16.8 Å². The molecule has 0 aromatic rings. The summed E-state index contributed by atoms with van der Waals surface area (Å²) in [6, 6.07) is 0. The molecule has 0 saturated heterocycles. The van der Waals surface area contributed by atoms with Crippen LogP contribution in [0.3, 0.4) is 0 Å². The van der Waals surface area contributed by atoms with E-state index in [4.69, 9.17) is 39.9 Å². The molecule has 0 heterocycles. The van der Waals surface area contributed by atoms with Gasteiger partial charge in [-0.2, -0.15) is 0 Å². The summed E-state index contributed by atoms with van der Waals surface area (Å²) in [6.07, 6.45) is 61.4. The number of amides is 1.